The molecule has 3 amide bonds. The van der Waals surface area contributed by atoms with Crippen LogP contribution in [0.2, 0.25) is 0 Å². The molecule has 0 radical (unpaired) electrons. The Kier molecular flexibility index (Phi) is 4.70. The predicted molar refractivity (Wildman–Crippen MR) is 81.7 cm³/mol. The van der Waals surface area contributed by atoms with Crippen LogP contribution >= 0.6 is 0 Å². The van der Waals surface area contributed by atoms with Crippen LogP contribution in [-0.4, -0.2) is 41.2 Å². The number of ether oxygens (including phenoxy) is 1. The topological polar surface area (TPSA) is 84.9 Å². The van der Waals surface area contributed by atoms with Crippen LogP contribution in [0.3, 0.4) is 0 Å². The smallest absolute Gasteiger partial charge is 0.407 e. The average molecular weight is 320 g/mol. The van der Waals surface area contributed by atoms with Crippen molar-refractivity contribution in [2.75, 3.05) is 6.61 Å². The van der Waals surface area contributed by atoms with Crippen molar-refractivity contribution in [3.63, 3.8) is 0 Å². The van der Waals surface area contributed by atoms with Gasteiger partial charge in [-0.2, -0.15) is 0 Å². The highest BCUT2D eigenvalue weighted by atomic mass is 16.7. The van der Waals surface area contributed by atoms with Gasteiger partial charge in [0.25, 0.3) is 11.8 Å². The first kappa shape index (κ1) is 17.0. The minimum Gasteiger partial charge on any atom is -0.444 e. The van der Waals surface area contributed by atoms with Crippen molar-refractivity contribution in [1.29, 1.82) is 0 Å². The molecular formula is C16H20N2O5. The summed E-state index contributed by atoms with van der Waals surface area (Å²) < 4.78 is 5.12. The first-order valence-corrected chi connectivity index (χ1v) is 7.29. The molecule has 124 valence electrons. The van der Waals surface area contributed by atoms with E-state index in [1.807, 2.05) is 0 Å². The molecular weight excluding hydrogens is 300 g/mol. The number of hydroxylamine groups is 2. The maximum atomic E-state index is 12.1. The van der Waals surface area contributed by atoms with Crippen molar-refractivity contribution in [1.82, 2.24) is 10.4 Å². The summed E-state index contributed by atoms with van der Waals surface area (Å²) >= 11 is 0. The lowest BCUT2D eigenvalue weighted by Crippen LogP contribution is -2.42. The summed E-state index contributed by atoms with van der Waals surface area (Å²) in [6.45, 7) is 6.92. The molecule has 1 N–H and O–H groups in total. The van der Waals surface area contributed by atoms with E-state index in [1.54, 1.807) is 52.0 Å². The monoisotopic (exact) mass is 320 g/mol. The molecule has 0 aliphatic carbocycles. The Morgan fingerprint density at radius 3 is 2.17 bits per heavy atom. The highest BCUT2D eigenvalue weighted by Gasteiger charge is 2.36. The number of alkyl carbamates (subject to hydrolysis) is 1. The molecule has 0 spiro atoms. The second-order valence-electron chi connectivity index (χ2n) is 6.29. The number of hydrogen-bond acceptors (Lipinski definition) is 5. The average Bonchev–Trinajstić information content (AvgIpc) is 2.67. The number of benzene rings is 1. The van der Waals surface area contributed by atoms with E-state index < -0.39 is 29.6 Å². The highest BCUT2D eigenvalue weighted by Crippen LogP contribution is 2.22. The fourth-order valence-electron chi connectivity index (χ4n) is 2.02. The SMILES string of the molecule is C[C@H](CON1C(=O)c2ccccc2C1=O)NC(=O)OC(C)(C)C. The van der Waals surface area contributed by atoms with Crippen molar-refractivity contribution in [3.05, 3.63) is 35.4 Å². The summed E-state index contributed by atoms with van der Waals surface area (Å²) in [7, 11) is 0. The molecule has 0 saturated carbocycles. The minimum absolute atomic E-state index is 0.0370. The molecule has 0 fully saturated rings. The van der Waals surface area contributed by atoms with Crippen LogP contribution in [0.1, 0.15) is 48.4 Å². The highest BCUT2D eigenvalue weighted by molar-refractivity contribution is 6.20. The second kappa shape index (κ2) is 6.37. The zero-order chi connectivity index (χ0) is 17.2. The van der Waals surface area contributed by atoms with E-state index in [9.17, 15) is 14.4 Å². The second-order valence-corrected chi connectivity index (χ2v) is 6.29. The molecule has 23 heavy (non-hydrogen) atoms. The van der Waals surface area contributed by atoms with Crippen LogP contribution in [-0.2, 0) is 9.57 Å². The summed E-state index contributed by atoms with van der Waals surface area (Å²) in [6, 6.07) is 6.07. The molecule has 7 nitrogen and oxygen atoms in total. The lowest BCUT2D eigenvalue weighted by Gasteiger charge is -2.22. The maximum Gasteiger partial charge on any atom is 0.407 e. The van der Waals surface area contributed by atoms with Gasteiger partial charge < -0.3 is 10.1 Å². The van der Waals surface area contributed by atoms with Crippen molar-refractivity contribution in [3.8, 4) is 0 Å². The molecule has 1 heterocycles. The fraction of sp³-hybridized carbons (Fsp3) is 0.438. The van der Waals surface area contributed by atoms with E-state index in [0.29, 0.717) is 11.1 Å². The number of nitrogens with one attached hydrogen (secondary N) is 1. The molecule has 0 aromatic heterocycles. The van der Waals surface area contributed by atoms with Gasteiger partial charge in [-0.25, -0.2) is 4.79 Å². The van der Waals surface area contributed by atoms with Gasteiger partial charge in [-0.15, -0.1) is 5.06 Å². The van der Waals surface area contributed by atoms with Gasteiger partial charge in [0.15, 0.2) is 0 Å². The number of rotatable bonds is 4. The number of amides is 3. The van der Waals surface area contributed by atoms with Crippen LogP contribution in [0, 0.1) is 0 Å². The Balaban J connectivity index is 1.89. The molecule has 1 atom stereocenters. The number of fused-ring (bicyclic) bond motifs is 1. The van der Waals surface area contributed by atoms with Gasteiger partial charge in [-0.3, -0.25) is 14.4 Å². The Morgan fingerprint density at radius 1 is 1.17 bits per heavy atom. The summed E-state index contributed by atoms with van der Waals surface area (Å²) in [4.78, 5) is 41.1. The molecule has 1 aliphatic rings. The van der Waals surface area contributed by atoms with E-state index in [2.05, 4.69) is 5.32 Å². The summed E-state index contributed by atoms with van der Waals surface area (Å²) in [5.74, 6) is -1.01. The van der Waals surface area contributed by atoms with Gasteiger partial charge in [-0.1, -0.05) is 12.1 Å². The number of nitrogens with zero attached hydrogens (tertiary/aromatic N) is 1. The quantitative estimate of drug-likeness (QED) is 0.859. The van der Waals surface area contributed by atoms with E-state index in [1.165, 1.54) is 0 Å². The Labute approximate surface area is 134 Å². The van der Waals surface area contributed by atoms with Crippen LogP contribution < -0.4 is 5.32 Å². The predicted octanol–water partition coefficient (Wildman–Crippen LogP) is 2.13. The summed E-state index contributed by atoms with van der Waals surface area (Å²) in [6.07, 6.45) is -0.587. The summed E-state index contributed by atoms with van der Waals surface area (Å²) in [5.41, 5.74) is 0.0169. The molecule has 1 aromatic carbocycles. The third-order valence-corrected chi connectivity index (χ3v) is 2.97. The number of carbonyl (C=O) groups excluding carboxylic acids is 3. The molecule has 0 saturated heterocycles. The van der Waals surface area contributed by atoms with Gasteiger partial charge in [0.05, 0.1) is 23.8 Å². The van der Waals surface area contributed by atoms with Gasteiger partial charge >= 0.3 is 6.09 Å². The Morgan fingerprint density at radius 2 is 1.70 bits per heavy atom. The zero-order valence-electron chi connectivity index (χ0n) is 13.6. The van der Waals surface area contributed by atoms with Crippen LogP contribution in [0.25, 0.3) is 0 Å². The van der Waals surface area contributed by atoms with Crippen molar-refractivity contribution >= 4 is 17.9 Å². The molecule has 7 heteroatoms. The third-order valence-electron chi connectivity index (χ3n) is 2.97. The van der Waals surface area contributed by atoms with Gasteiger partial charge in [0.1, 0.15) is 5.60 Å². The van der Waals surface area contributed by atoms with Crippen LogP contribution in [0.5, 0.6) is 0 Å². The van der Waals surface area contributed by atoms with Crippen molar-refractivity contribution < 1.29 is 24.0 Å². The van der Waals surface area contributed by atoms with Gasteiger partial charge in [0.2, 0.25) is 0 Å². The van der Waals surface area contributed by atoms with Crippen LogP contribution in [0.4, 0.5) is 4.79 Å². The molecule has 1 aromatic rings. The lowest BCUT2D eigenvalue weighted by atomic mass is 10.1. The number of imide groups is 1. The largest absolute Gasteiger partial charge is 0.444 e. The first-order chi connectivity index (χ1) is 10.7. The number of carbonyl (C=O) groups is 3. The van der Waals surface area contributed by atoms with Crippen molar-refractivity contribution in [2.24, 2.45) is 0 Å². The standard InChI is InChI=1S/C16H20N2O5/c1-10(17-15(21)23-16(2,3)4)9-22-18-13(19)11-7-5-6-8-12(11)14(18)20/h5-8,10H,9H2,1-4H3,(H,17,21)/t10-/m1/s1. The summed E-state index contributed by atoms with van der Waals surface area (Å²) in [5, 5.41) is 3.30. The van der Waals surface area contributed by atoms with Crippen molar-refractivity contribution in [2.45, 2.75) is 39.3 Å². The van der Waals surface area contributed by atoms with Gasteiger partial charge in [0, 0.05) is 0 Å². The molecule has 1 aliphatic heterocycles. The molecule has 2 rings (SSSR count). The lowest BCUT2D eigenvalue weighted by molar-refractivity contribution is -0.0963. The van der Waals surface area contributed by atoms with Crippen LogP contribution in [0.15, 0.2) is 24.3 Å². The van der Waals surface area contributed by atoms with E-state index >= 15 is 0 Å². The Bertz CT molecular complexity index is 601. The van der Waals surface area contributed by atoms with Gasteiger partial charge in [-0.05, 0) is 39.8 Å². The van der Waals surface area contributed by atoms with E-state index in [-0.39, 0.29) is 6.61 Å². The fourth-order valence-corrected chi connectivity index (χ4v) is 2.02. The normalized spacial score (nSPS) is 15.4. The first-order valence-electron chi connectivity index (χ1n) is 7.29. The Hall–Kier alpha value is -2.41. The molecule has 0 unspecified atom stereocenters. The van der Waals surface area contributed by atoms with E-state index in [4.69, 9.17) is 9.57 Å². The zero-order valence-corrected chi connectivity index (χ0v) is 13.6. The minimum atomic E-state index is -0.604. The number of hydrogen-bond donors (Lipinski definition) is 1. The molecule has 0 bridgehead atoms. The third kappa shape index (κ3) is 4.07. The van der Waals surface area contributed by atoms with E-state index in [0.717, 1.165) is 5.06 Å². The maximum absolute atomic E-state index is 12.1.